The molecule has 0 fully saturated rings. The highest BCUT2D eigenvalue weighted by Crippen LogP contribution is 2.33. The van der Waals surface area contributed by atoms with Crippen LogP contribution in [0.3, 0.4) is 0 Å². The summed E-state index contributed by atoms with van der Waals surface area (Å²) in [6, 6.07) is 8.34. The molecule has 0 aliphatic heterocycles. The Balaban J connectivity index is 2.35. The van der Waals surface area contributed by atoms with Crippen molar-refractivity contribution in [2.45, 2.75) is 6.92 Å². The number of rotatable bonds is 4. The van der Waals surface area contributed by atoms with Gasteiger partial charge in [0.05, 0.1) is 15.4 Å². The number of nitro groups is 2. The fourth-order valence-corrected chi connectivity index (χ4v) is 1.80. The maximum Gasteiger partial charge on any atom is 0.292 e. The van der Waals surface area contributed by atoms with Crippen molar-refractivity contribution in [3.63, 3.8) is 0 Å². The summed E-state index contributed by atoms with van der Waals surface area (Å²) in [7, 11) is 0. The van der Waals surface area contributed by atoms with Crippen molar-refractivity contribution in [1.82, 2.24) is 0 Å². The summed E-state index contributed by atoms with van der Waals surface area (Å²) in [6.07, 6.45) is 0. The summed E-state index contributed by atoms with van der Waals surface area (Å²) in [4.78, 5) is 20.4. The third kappa shape index (κ3) is 2.89. The number of nitro benzene ring substituents is 2. The smallest absolute Gasteiger partial charge is 0.292 e. The number of nitrogen functional groups attached to an aromatic ring is 1. The molecule has 8 heteroatoms. The minimum Gasteiger partial charge on any atom is -0.457 e. The van der Waals surface area contributed by atoms with Gasteiger partial charge in [-0.3, -0.25) is 20.2 Å². The van der Waals surface area contributed by atoms with E-state index >= 15 is 0 Å². The molecule has 0 saturated carbocycles. The molecule has 108 valence electrons. The molecule has 0 heterocycles. The molecule has 2 rings (SSSR count). The molecular weight excluding hydrogens is 278 g/mol. The van der Waals surface area contributed by atoms with E-state index in [1.54, 1.807) is 13.0 Å². The van der Waals surface area contributed by atoms with Crippen LogP contribution in [0, 0.1) is 27.2 Å². The first-order chi connectivity index (χ1) is 9.90. The first-order valence-electron chi connectivity index (χ1n) is 5.86. The number of hydrogen-bond donors (Lipinski definition) is 1. The molecule has 21 heavy (non-hydrogen) atoms. The van der Waals surface area contributed by atoms with Crippen molar-refractivity contribution in [1.29, 1.82) is 0 Å². The predicted octanol–water partition coefficient (Wildman–Crippen LogP) is 3.19. The lowest BCUT2D eigenvalue weighted by molar-refractivity contribution is -0.385. The Morgan fingerprint density at radius 3 is 2.29 bits per heavy atom. The van der Waals surface area contributed by atoms with Crippen LogP contribution < -0.4 is 10.5 Å². The van der Waals surface area contributed by atoms with E-state index in [4.69, 9.17) is 10.5 Å². The van der Waals surface area contributed by atoms with Gasteiger partial charge in [0.15, 0.2) is 0 Å². The van der Waals surface area contributed by atoms with Gasteiger partial charge in [-0.1, -0.05) is 6.07 Å². The Hall–Kier alpha value is -3.16. The number of nitrogens with zero attached hydrogens (tertiary/aromatic N) is 2. The van der Waals surface area contributed by atoms with Crippen LogP contribution in [0.1, 0.15) is 5.56 Å². The van der Waals surface area contributed by atoms with E-state index in [0.717, 1.165) is 0 Å². The van der Waals surface area contributed by atoms with E-state index in [9.17, 15) is 20.2 Å². The standard InChI is InChI=1S/C13H11N3O5/c1-8-11(15(17)18)3-2-4-13(8)21-9-5-6-12(16(19)20)10(14)7-9/h2-7H,14H2,1H3. The van der Waals surface area contributed by atoms with E-state index in [2.05, 4.69) is 0 Å². The molecule has 0 unspecified atom stereocenters. The van der Waals surface area contributed by atoms with Crippen LogP contribution in [-0.4, -0.2) is 9.85 Å². The van der Waals surface area contributed by atoms with Gasteiger partial charge in [-0.25, -0.2) is 0 Å². The van der Waals surface area contributed by atoms with Crippen LogP contribution in [0.25, 0.3) is 0 Å². The molecule has 2 N–H and O–H groups in total. The topological polar surface area (TPSA) is 122 Å². The molecule has 0 spiro atoms. The number of hydrogen-bond acceptors (Lipinski definition) is 6. The van der Waals surface area contributed by atoms with Gasteiger partial charge < -0.3 is 10.5 Å². The molecule has 0 aliphatic carbocycles. The molecular formula is C13H11N3O5. The minimum atomic E-state index is -0.599. The summed E-state index contributed by atoms with van der Waals surface area (Å²) >= 11 is 0. The van der Waals surface area contributed by atoms with Crippen molar-refractivity contribution < 1.29 is 14.6 Å². The lowest BCUT2D eigenvalue weighted by Crippen LogP contribution is -1.97. The number of benzene rings is 2. The highest BCUT2D eigenvalue weighted by Gasteiger charge is 2.16. The molecule has 0 aromatic heterocycles. The maximum atomic E-state index is 10.9. The van der Waals surface area contributed by atoms with Gasteiger partial charge in [-0.2, -0.15) is 0 Å². The Kier molecular flexibility index (Phi) is 3.70. The van der Waals surface area contributed by atoms with E-state index in [1.807, 2.05) is 0 Å². The molecule has 0 radical (unpaired) electrons. The van der Waals surface area contributed by atoms with Gasteiger partial charge >= 0.3 is 0 Å². The van der Waals surface area contributed by atoms with Gasteiger partial charge in [0.25, 0.3) is 11.4 Å². The number of anilines is 1. The zero-order valence-electron chi connectivity index (χ0n) is 11.0. The van der Waals surface area contributed by atoms with Gasteiger partial charge in [0.1, 0.15) is 17.2 Å². The Bertz CT molecular complexity index is 730. The highest BCUT2D eigenvalue weighted by molar-refractivity contribution is 5.61. The lowest BCUT2D eigenvalue weighted by atomic mass is 10.2. The molecule has 0 aliphatic rings. The van der Waals surface area contributed by atoms with Crippen molar-refractivity contribution in [2.75, 3.05) is 5.73 Å². The van der Waals surface area contributed by atoms with Crippen LogP contribution in [0.15, 0.2) is 36.4 Å². The second-order valence-electron chi connectivity index (χ2n) is 4.24. The van der Waals surface area contributed by atoms with E-state index < -0.39 is 9.85 Å². The van der Waals surface area contributed by atoms with E-state index in [1.165, 1.54) is 30.3 Å². The first kappa shape index (κ1) is 14.3. The molecule has 0 atom stereocenters. The second-order valence-corrected chi connectivity index (χ2v) is 4.24. The van der Waals surface area contributed by atoms with Crippen LogP contribution in [-0.2, 0) is 0 Å². The van der Waals surface area contributed by atoms with Crippen molar-refractivity contribution in [3.8, 4) is 11.5 Å². The number of nitrogens with two attached hydrogens (primary N) is 1. The van der Waals surface area contributed by atoms with Crippen LogP contribution in [0.4, 0.5) is 17.1 Å². The fourth-order valence-electron chi connectivity index (χ4n) is 1.80. The van der Waals surface area contributed by atoms with Crippen molar-refractivity contribution in [3.05, 3.63) is 62.2 Å². The summed E-state index contributed by atoms with van der Waals surface area (Å²) in [5.41, 5.74) is 5.59. The Labute approximate surface area is 119 Å². The van der Waals surface area contributed by atoms with Gasteiger partial charge in [0.2, 0.25) is 0 Å². The molecule has 0 bridgehead atoms. The summed E-state index contributed by atoms with van der Waals surface area (Å²) < 4.78 is 5.51. The Morgan fingerprint density at radius 2 is 1.71 bits per heavy atom. The van der Waals surface area contributed by atoms with Gasteiger partial charge in [-0.05, 0) is 19.1 Å². The van der Waals surface area contributed by atoms with E-state index in [-0.39, 0.29) is 28.6 Å². The molecule has 2 aromatic rings. The van der Waals surface area contributed by atoms with Crippen molar-refractivity contribution >= 4 is 17.1 Å². The third-order valence-corrected chi connectivity index (χ3v) is 2.88. The molecule has 8 nitrogen and oxygen atoms in total. The third-order valence-electron chi connectivity index (χ3n) is 2.88. The van der Waals surface area contributed by atoms with Crippen molar-refractivity contribution in [2.24, 2.45) is 0 Å². The Morgan fingerprint density at radius 1 is 1.05 bits per heavy atom. The second kappa shape index (κ2) is 5.45. The average Bonchev–Trinajstić information content (AvgIpc) is 2.40. The molecule has 0 amide bonds. The normalized spacial score (nSPS) is 10.1. The molecule has 2 aromatic carbocycles. The van der Waals surface area contributed by atoms with Crippen LogP contribution in [0.2, 0.25) is 0 Å². The minimum absolute atomic E-state index is 0.0411. The summed E-state index contributed by atoms with van der Waals surface area (Å²) in [6.45, 7) is 1.56. The average molecular weight is 289 g/mol. The van der Waals surface area contributed by atoms with Crippen LogP contribution >= 0.6 is 0 Å². The predicted molar refractivity (Wildman–Crippen MR) is 75.4 cm³/mol. The van der Waals surface area contributed by atoms with Gasteiger partial charge in [0, 0.05) is 18.2 Å². The summed E-state index contributed by atoms with van der Waals surface area (Å²) in [5.74, 6) is 0.555. The lowest BCUT2D eigenvalue weighted by Gasteiger charge is -2.09. The largest absolute Gasteiger partial charge is 0.457 e. The first-order valence-corrected chi connectivity index (χ1v) is 5.86. The van der Waals surface area contributed by atoms with Gasteiger partial charge in [-0.15, -0.1) is 0 Å². The van der Waals surface area contributed by atoms with E-state index in [0.29, 0.717) is 5.56 Å². The quantitative estimate of drug-likeness (QED) is 0.524. The highest BCUT2D eigenvalue weighted by atomic mass is 16.6. The summed E-state index contributed by atoms with van der Waals surface area (Å²) in [5, 5.41) is 21.5. The zero-order chi connectivity index (χ0) is 15.6. The number of ether oxygens (including phenoxy) is 1. The fraction of sp³-hybridized carbons (Fsp3) is 0.0769. The maximum absolute atomic E-state index is 10.9. The zero-order valence-corrected chi connectivity index (χ0v) is 11.0. The SMILES string of the molecule is Cc1c(Oc2ccc([N+](=O)[O-])c(N)c2)cccc1[N+](=O)[O-]. The van der Waals surface area contributed by atoms with Crippen LogP contribution in [0.5, 0.6) is 11.5 Å². The monoisotopic (exact) mass is 289 g/mol. The molecule has 0 saturated heterocycles.